The second kappa shape index (κ2) is 15.3. The summed E-state index contributed by atoms with van der Waals surface area (Å²) in [5.41, 5.74) is 4.59. The van der Waals surface area contributed by atoms with Crippen molar-refractivity contribution in [1.82, 2.24) is 9.97 Å². The fourth-order valence-corrected chi connectivity index (χ4v) is 4.24. The molecule has 188 valence electrons. The molecule has 0 spiro atoms. The van der Waals surface area contributed by atoms with Gasteiger partial charge in [-0.3, -0.25) is 9.97 Å². The molecule has 1 heterocycles. The SMILES string of the molecule is CCCCCCCCCc1ccc(-c2cnc(-c3ccc(OCCCCCC)c(F)c3)cn2)cc1. The lowest BCUT2D eigenvalue weighted by molar-refractivity contribution is 0.290. The molecule has 1 aromatic heterocycles. The van der Waals surface area contributed by atoms with Crippen molar-refractivity contribution in [2.24, 2.45) is 0 Å². The molecule has 0 saturated carbocycles. The summed E-state index contributed by atoms with van der Waals surface area (Å²) in [4.78, 5) is 9.12. The number of unbranched alkanes of at least 4 members (excludes halogenated alkanes) is 9. The maximum Gasteiger partial charge on any atom is 0.165 e. The lowest BCUT2D eigenvalue weighted by atomic mass is 10.0. The van der Waals surface area contributed by atoms with Crippen molar-refractivity contribution in [2.75, 3.05) is 6.61 Å². The Morgan fingerprint density at radius 2 is 1.23 bits per heavy atom. The lowest BCUT2D eigenvalue weighted by Crippen LogP contribution is -1.99. The van der Waals surface area contributed by atoms with Crippen LogP contribution in [0.3, 0.4) is 0 Å². The molecule has 2 aromatic carbocycles. The number of hydrogen-bond donors (Lipinski definition) is 0. The zero-order valence-corrected chi connectivity index (χ0v) is 21.6. The Hall–Kier alpha value is -2.75. The summed E-state index contributed by atoms with van der Waals surface area (Å²) >= 11 is 0. The first-order valence-corrected chi connectivity index (χ1v) is 13.5. The molecular weight excluding hydrogens is 435 g/mol. The highest BCUT2D eigenvalue weighted by Gasteiger charge is 2.09. The topological polar surface area (TPSA) is 35.0 Å². The number of halogens is 1. The largest absolute Gasteiger partial charge is 0.491 e. The van der Waals surface area contributed by atoms with Gasteiger partial charge in [0.25, 0.3) is 0 Å². The van der Waals surface area contributed by atoms with Crippen LogP contribution in [0.1, 0.15) is 90.0 Å². The molecule has 3 rings (SSSR count). The van der Waals surface area contributed by atoms with E-state index in [0.29, 0.717) is 23.6 Å². The molecule has 35 heavy (non-hydrogen) atoms. The molecule has 3 aromatic rings. The Morgan fingerprint density at radius 3 is 1.86 bits per heavy atom. The fraction of sp³-hybridized carbons (Fsp3) is 0.484. The van der Waals surface area contributed by atoms with Gasteiger partial charge >= 0.3 is 0 Å². The average molecular weight is 477 g/mol. The fourth-order valence-electron chi connectivity index (χ4n) is 4.24. The van der Waals surface area contributed by atoms with E-state index in [9.17, 15) is 4.39 Å². The average Bonchev–Trinajstić information content (AvgIpc) is 2.89. The van der Waals surface area contributed by atoms with Crippen molar-refractivity contribution in [1.29, 1.82) is 0 Å². The highest BCUT2D eigenvalue weighted by Crippen LogP contribution is 2.26. The first-order valence-electron chi connectivity index (χ1n) is 13.5. The first-order chi connectivity index (χ1) is 17.2. The van der Waals surface area contributed by atoms with Crippen LogP contribution in [-0.4, -0.2) is 16.6 Å². The van der Waals surface area contributed by atoms with Crippen molar-refractivity contribution < 1.29 is 9.13 Å². The van der Waals surface area contributed by atoms with E-state index in [2.05, 4.69) is 48.1 Å². The van der Waals surface area contributed by atoms with Crippen molar-refractivity contribution in [3.8, 4) is 28.3 Å². The van der Waals surface area contributed by atoms with Gasteiger partial charge in [-0.1, -0.05) is 95.9 Å². The molecule has 3 nitrogen and oxygen atoms in total. The molecule has 0 aliphatic rings. The van der Waals surface area contributed by atoms with Gasteiger partial charge in [-0.05, 0) is 43.0 Å². The third-order valence-electron chi connectivity index (χ3n) is 6.45. The number of rotatable bonds is 16. The Kier molecular flexibility index (Phi) is 11.7. The van der Waals surface area contributed by atoms with E-state index in [1.165, 1.54) is 69.4 Å². The third kappa shape index (κ3) is 9.08. The smallest absolute Gasteiger partial charge is 0.165 e. The molecule has 0 amide bonds. The second-order valence-electron chi connectivity index (χ2n) is 9.41. The maximum atomic E-state index is 14.5. The molecule has 0 fully saturated rings. The number of benzene rings is 2. The van der Waals surface area contributed by atoms with Crippen LogP contribution < -0.4 is 4.74 Å². The molecule has 0 unspecified atom stereocenters. The van der Waals surface area contributed by atoms with Crippen LogP contribution in [0.2, 0.25) is 0 Å². The quantitative estimate of drug-likeness (QED) is 0.193. The van der Waals surface area contributed by atoms with E-state index < -0.39 is 0 Å². The number of aryl methyl sites for hydroxylation is 1. The van der Waals surface area contributed by atoms with E-state index in [4.69, 9.17) is 4.74 Å². The minimum absolute atomic E-state index is 0.298. The minimum Gasteiger partial charge on any atom is -0.491 e. The van der Waals surface area contributed by atoms with Gasteiger partial charge in [0.15, 0.2) is 11.6 Å². The van der Waals surface area contributed by atoms with E-state index >= 15 is 0 Å². The van der Waals surface area contributed by atoms with Gasteiger partial charge in [0, 0.05) is 11.1 Å². The van der Waals surface area contributed by atoms with Crippen LogP contribution in [0.25, 0.3) is 22.5 Å². The predicted octanol–water partition coefficient (Wildman–Crippen LogP) is 9.20. The van der Waals surface area contributed by atoms with Crippen LogP contribution in [-0.2, 0) is 6.42 Å². The van der Waals surface area contributed by atoms with Gasteiger partial charge in [0.05, 0.1) is 30.4 Å². The zero-order chi connectivity index (χ0) is 24.7. The second-order valence-corrected chi connectivity index (χ2v) is 9.41. The van der Waals surface area contributed by atoms with Crippen molar-refractivity contribution >= 4 is 0 Å². The van der Waals surface area contributed by atoms with E-state index in [0.717, 1.165) is 30.5 Å². The zero-order valence-electron chi connectivity index (χ0n) is 21.6. The molecule has 0 bridgehead atoms. The molecule has 0 saturated heterocycles. The van der Waals surface area contributed by atoms with Crippen LogP contribution in [0, 0.1) is 5.82 Å². The molecule has 0 aliphatic carbocycles. The summed E-state index contributed by atoms with van der Waals surface area (Å²) in [5.74, 6) is -0.0631. The predicted molar refractivity (Wildman–Crippen MR) is 144 cm³/mol. The highest BCUT2D eigenvalue weighted by molar-refractivity contribution is 5.63. The lowest BCUT2D eigenvalue weighted by Gasteiger charge is -2.09. The van der Waals surface area contributed by atoms with Gasteiger partial charge in [-0.2, -0.15) is 0 Å². The number of hydrogen-bond acceptors (Lipinski definition) is 3. The highest BCUT2D eigenvalue weighted by atomic mass is 19.1. The van der Waals surface area contributed by atoms with E-state index in [1.807, 2.05) is 6.07 Å². The van der Waals surface area contributed by atoms with Crippen molar-refractivity contribution in [3.63, 3.8) is 0 Å². The molecule has 0 atom stereocenters. The maximum absolute atomic E-state index is 14.5. The van der Waals surface area contributed by atoms with Gasteiger partial charge in [0.1, 0.15) is 0 Å². The molecular formula is C31H41FN2O. The Bertz CT molecular complexity index is 986. The summed E-state index contributed by atoms with van der Waals surface area (Å²) in [7, 11) is 0. The van der Waals surface area contributed by atoms with Crippen LogP contribution in [0.4, 0.5) is 4.39 Å². The standard InChI is InChI=1S/C31H41FN2O/c1-3-5-7-9-10-11-12-14-25-15-17-26(18-16-25)29-23-34-30(24-33-29)27-19-20-31(28(32)22-27)35-21-13-8-6-4-2/h15-20,22-24H,3-14,21H2,1-2H3. The number of nitrogens with zero attached hydrogens (tertiary/aromatic N) is 2. The number of ether oxygens (including phenoxy) is 1. The Balaban J connectivity index is 1.50. The Morgan fingerprint density at radius 1 is 0.657 bits per heavy atom. The first kappa shape index (κ1) is 26.8. The molecule has 0 N–H and O–H groups in total. The van der Waals surface area contributed by atoms with Gasteiger partial charge < -0.3 is 4.74 Å². The summed E-state index contributed by atoms with van der Waals surface area (Å²) < 4.78 is 20.1. The van der Waals surface area contributed by atoms with Crippen molar-refractivity contribution in [3.05, 3.63) is 66.2 Å². The van der Waals surface area contributed by atoms with Crippen LogP contribution >= 0.6 is 0 Å². The molecule has 0 radical (unpaired) electrons. The normalized spacial score (nSPS) is 11.1. The van der Waals surface area contributed by atoms with Gasteiger partial charge in [-0.15, -0.1) is 0 Å². The van der Waals surface area contributed by atoms with Gasteiger partial charge in [-0.25, -0.2) is 4.39 Å². The Labute approximate surface area is 211 Å². The third-order valence-corrected chi connectivity index (χ3v) is 6.45. The van der Waals surface area contributed by atoms with Gasteiger partial charge in [0.2, 0.25) is 0 Å². The summed E-state index contributed by atoms with van der Waals surface area (Å²) in [6.45, 7) is 4.97. The van der Waals surface area contributed by atoms with Crippen LogP contribution in [0.15, 0.2) is 54.9 Å². The summed E-state index contributed by atoms with van der Waals surface area (Å²) in [5, 5.41) is 0. The van der Waals surface area contributed by atoms with E-state index in [-0.39, 0.29) is 5.82 Å². The monoisotopic (exact) mass is 476 g/mol. The molecule has 4 heteroatoms. The summed E-state index contributed by atoms with van der Waals surface area (Å²) in [6, 6.07) is 13.6. The van der Waals surface area contributed by atoms with Crippen molar-refractivity contribution in [2.45, 2.75) is 90.9 Å². The minimum atomic E-state index is -0.361. The van der Waals surface area contributed by atoms with Crippen LogP contribution in [0.5, 0.6) is 5.75 Å². The summed E-state index contributed by atoms with van der Waals surface area (Å²) in [6.07, 6.45) is 18.3. The number of aromatic nitrogens is 2. The molecule has 0 aliphatic heterocycles. The van der Waals surface area contributed by atoms with E-state index in [1.54, 1.807) is 18.5 Å².